The van der Waals surface area contributed by atoms with Gasteiger partial charge in [0.25, 0.3) is 0 Å². The standard InChI is InChI=1S/C51H103NO2.Li/c1-4-7-9-11-13-15-17-19-21-23-25-27-29-31-33-35-37-39-41-43-45-48-52(50(47-6-3)51(53)54)49-46-44-42-40-38-36-34-32-30-28-26-24-22-20-18-16-14-12-10-8-5-2;/h50H,4-49H2,1-3H3,(H,53,54);/q;+1/p-1. The van der Waals surface area contributed by atoms with Crippen LogP contribution in [0.15, 0.2) is 0 Å². The number of nitrogens with zero attached hydrogens (tertiary/aromatic N) is 1. The van der Waals surface area contributed by atoms with Gasteiger partial charge in [0.15, 0.2) is 0 Å². The molecule has 0 bridgehead atoms. The summed E-state index contributed by atoms with van der Waals surface area (Å²) in [6, 6.07) is -0.398. The van der Waals surface area contributed by atoms with E-state index in [4.69, 9.17) is 0 Å². The summed E-state index contributed by atoms with van der Waals surface area (Å²) in [7, 11) is 0. The second-order valence-electron chi connectivity index (χ2n) is 17.8. The summed E-state index contributed by atoms with van der Waals surface area (Å²) >= 11 is 0. The predicted octanol–water partition coefficient (Wildman–Crippen LogP) is 13.6. The molecule has 0 aliphatic heterocycles. The Morgan fingerprint density at radius 3 is 0.673 bits per heavy atom. The molecule has 0 aliphatic carbocycles. The van der Waals surface area contributed by atoms with Crippen LogP contribution in [0, 0.1) is 0 Å². The third-order valence-electron chi connectivity index (χ3n) is 12.4. The first kappa shape index (κ1) is 57.1. The van der Waals surface area contributed by atoms with Gasteiger partial charge in [-0.15, -0.1) is 0 Å². The average Bonchev–Trinajstić information content (AvgIpc) is 3.17. The molecule has 0 radical (unpaired) electrons. The van der Waals surface area contributed by atoms with Crippen LogP contribution in [0.5, 0.6) is 0 Å². The number of carboxylic acids is 1. The number of carboxylic acid groups (broad SMARTS) is 1. The summed E-state index contributed by atoms with van der Waals surface area (Å²) in [5, 5.41) is 12.0. The number of hydrogen-bond donors (Lipinski definition) is 0. The van der Waals surface area contributed by atoms with Crippen molar-refractivity contribution in [1.29, 1.82) is 0 Å². The van der Waals surface area contributed by atoms with Gasteiger partial charge in [-0.25, -0.2) is 0 Å². The van der Waals surface area contributed by atoms with Crippen LogP contribution in [-0.4, -0.2) is 30.0 Å². The molecule has 1 unspecified atom stereocenters. The Morgan fingerprint density at radius 2 is 0.509 bits per heavy atom. The summed E-state index contributed by atoms with van der Waals surface area (Å²) in [4.78, 5) is 14.3. The Labute approximate surface area is 360 Å². The van der Waals surface area contributed by atoms with Gasteiger partial charge in [0.2, 0.25) is 0 Å². The minimum Gasteiger partial charge on any atom is -0.548 e. The smallest absolute Gasteiger partial charge is 0.548 e. The van der Waals surface area contributed by atoms with Crippen molar-refractivity contribution >= 4 is 5.97 Å². The van der Waals surface area contributed by atoms with E-state index in [-0.39, 0.29) is 18.9 Å². The van der Waals surface area contributed by atoms with Crippen molar-refractivity contribution in [3.8, 4) is 0 Å². The maximum absolute atomic E-state index is 12.0. The molecule has 55 heavy (non-hydrogen) atoms. The molecule has 4 heteroatoms. The molecular formula is C51H102LiNO2. The fraction of sp³-hybridized carbons (Fsp3) is 0.980. The molecule has 1 atom stereocenters. The van der Waals surface area contributed by atoms with Crippen molar-refractivity contribution in [2.24, 2.45) is 0 Å². The number of rotatable bonds is 48. The monoisotopic (exact) mass is 768 g/mol. The van der Waals surface area contributed by atoms with Crippen molar-refractivity contribution in [3.05, 3.63) is 0 Å². The SMILES string of the molecule is CCCCCCCCCCCCCCCCCCCCCCCN(CCCCCCCCCCCCCCCCCCCCCCC)C(CCC)C(=O)[O-].[Li+]. The van der Waals surface area contributed by atoms with Crippen LogP contribution in [0.1, 0.15) is 303 Å². The minimum absolute atomic E-state index is 0. The zero-order valence-electron chi connectivity index (χ0n) is 38.9. The molecule has 0 rings (SSSR count). The van der Waals surface area contributed by atoms with Gasteiger partial charge in [0.1, 0.15) is 0 Å². The van der Waals surface area contributed by atoms with Crippen LogP contribution in [0.25, 0.3) is 0 Å². The van der Waals surface area contributed by atoms with Crippen molar-refractivity contribution in [1.82, 2.24) is 4.90 Å². The van der Waals surface area contributed by atoms with Gasteiger partial charge >= 0.3 is 18.9 Å². The molecule has 324 valence electrons. The van der Waals surface area contributed by atoms with E-state index in [1.54, 1.807) is 0 Å². The number of carbonyl (C=O) groups is 1. The van der Waals surface area contributed by atoms with Crippen molar-refractivity contribution < 1.29 is 28.8 Å². The fourth-order valence-corrected chi connectivity index (χ4v) is 8.64. The molecule has 0 saturated heterocycles. The van der Waals surface area contributed by atoms with Gasteiger partial charge in [-0.05, 0) is 32.4 Å². The number of aliphatic carboxylic acids is 1. The van der Waals surface area contributed by atoms with E-state index < -0.39 is 12.0 Å². The van der Waals surface area contributed by atoms with Gasteiger partial charge in [-0.2, -0.15) is 0 Å². The third-order valence-corrected chi connectivity index (χ3v) is 12.4. The largest absolute Gasteiger partial charge is 1.00 e. The zero-order valence-corrected chi connectivity index (χ0v) is 38.9. The molecule has 3 nitrogen and oxygen atoms in total. The summed E-state index contributed by atoms with van der Waals surface area (Å²) in [5.74, 6) is -0.858. The Hall–Kier alpha value is 0.0274. The van der Waals surface area contributed by atoms with Crippen molar-refractivity contribution in [2.45, 2.75) is 309 Å². The van der Waals surface area contributed by atoms with E-state index in [1.807, 2.05) is 0 Å². The van der Waals surface area contributed by atoms with Gasteiger partial charge in [0.05, 0.1) is 5.97 Å². The maximum Gasteiger partial charge on any atom is 1.00 e. The Kier molecular flexibility index (Phi) is 52.1. The maximum atomic E-state index is 12.0. The summed E-state index contributed by atoms with van der Waals surface area (Å²) in [6.45, 7) is 8.56. The first-order valence-electron chi connectivity index (χ1n) is 25.6. The molecule has 0 aromatic heterocycles. The van der Waals surface area contributed by atoms with E-state index in [0.717, 1.165) is 38.8 Å². The molecule has 0 amide bonds. The Morgan fingerprint density at radius 1 is 0.327 bits per heavy atom. The molecule has 0 aliphatic rings. The number of hydrogen-bond acceptors (Lipinski definition) is 3. The van der Waals surface area contributed by atoms with E-state index in [1.165, 1.54) is 257 Å². The average molecular weight is 768 g/mol. The number of carbonyl (C=O) groups excluding carboxylic acids is 1. The summed E-state index contributed by atoms with van der Waals surface area (Å²) < 4.78 is 0. The van der Waals surface area contributed by atoms with Gasteiger partial charge < -0.3 is 9.90 Å². The van der Waals surface area contributed by atoms with Gasteiger partial charge in [-0.1, -0.05) is 284 Å². The Balaban J connectivity index is 0. The van der Waals surface area contributed by atoms with E-state index >= 15 is 0 Å². The molecule has 0 aromatic carbocycles. The van der Waals surface area contributed by atoms with E-state index in [2.05, 4.69) is 25.7 Å². The van der Waals surface area contributed by atoms with Crippen LogP contribution in [0.4, 0.5) is 0 Å². The van der Waals surface area contributed by atoms with Crippen LogP contribution < -0.4 is 24.0 Å². The van der Waals surface area contributed by atoms with Gasteiger partial charge in [-0.3, -0.25) is 4.90 Å². The van der Waals surface area contributed by atoms with E-state index in [0.29, 0.717) is 0 Å². The molecular weight excluding hydrogens is 666 g/mol. The summed E-state index contributed by atoms with van der Waals surface area (Å²) in [6.07, 6.45) is 60.4. The molecule has 0 N–H and O–H groups in total. The quantitative estimate of drug-likeness (QED) is 0.0457. The summed E-state index contributed by atoms with van der Waals surface area (Å²) in [5.41, 5.74) is 0. The van der Waals surface area contributed by atoms with Crippen LogP contribution in [0.2, 0.25) is 0 Å². The first-order valence-corrected chi connectivity index (χ1v) is 25.6. The normalized spacial score (nSPS) is 12.1. The zero-order chi connectivity index (χ0) is 39.3. The van der Waals surface area contributed by atoms with Crippen molar-refractivity contribution in [2.75, 3.05) is 13.1 Å². The second kappa shape index (κ2) is 50.2. The fourth-order valence-electron chi connectivity index (χ4n) is 8.64. The third kappa shape index (κ3) is 45.0. The molecule has 0 saturated carbocycles. The second-order valence-corrected chi connectivity index (χ2v) is 17.8. The van der Waals surface area contributed by atoms with Crippen molar-refractivity contribution in [3.63, 3.8) is 0 Å². The van der Waals surface area contributed by atoms with Crippen LogP contribution in [0.3, 0.4) is 0 Å². The Bertz CT molecular complexity index is 656. The molecule has 0 aromatic rings. The van der Waals surface area contributed by atoms with Gasteiger partial charge in [0, 0.05) is 6.04 Å². The topological polar surface area (TPSA) is 43.4 Å². The predicted molar refractivity (Wildman–Crippen MR) is 241 cm³/mol. The van der Waals surface area contributed by atoms with E-state index in [9.17, 15) is 9.90 Å². The molecule has 0 fully saturated rings. The first-order chi connectivity index (χ1) is 26.7. The minimum atomic E-state index is -0.858. The number of unbranched alkanes of at least 4 members (excludes halogenated alkanes) is 40. The molecule has 0 heterocycles. The van der Waals surface area contributed by atoms with Crippen LogP contribution >= 0.6 is 0 Å². The van der Waals surface area contributed by atoms with Crippen LogP contribution in [-0.2, 0) is 4.79 Å². The molecule has 0 spiro atoms.